The first-order valence-corrected chi connectivity index (χ1v) is 9.32. The maximum atomic E-state index is 5.84. The molecule has 0 radical (unpaired) electrons. The molecule has 1 unspecified atom stereocenters. The highest BCUT2D eigenvalue weighted by Gasteiger charge is 2.03. The Hall–Kier alpha value is -2.29. The van der Waals surface area contributed by atoms with Crippen molar-refractivity contribution >= 4 is 12.4 Å². The van der Waals surface area contributed by atoms with E-state index >= 15 is 0 Å². The van der Waals surface area contributed by atoms with Gasteiger partial charge in [-0.05, 0) is 48.6 Å². The monoisotopic (exact) mass is 381 g/mol. The lowest BCUT2D eigenvalue weighted by atomic mass is 10.1. The molecule has 0 aliphatic carbocycles. The lowest BCUT2D eigenvalue weighted by Gasteiger charge is -2.14. The van der Waals surface area contributed by atoms with Gasteiger partial charge < -0.3 is 10.1 Å². The third-order valence-corrected chi connectivity index (χ3v) is 4.54. The molecular weight excluding hydrogens is 354 g/mol. The highest BCUT2D eigenvalue weighted by molar-refractivity contribution is 5.85. The second kappa shape index (κ2) is 11.4. The van der Waals surface area contributed by atoms with Crippen molar-refractivity contribution in [2.45, 2.75) is 39.0 Å². The predicted molar refractivity (Wildman–Crippen MR) is 116 cm³/mol. The van der Waals surface area contributed by atoms with Crippen LogP contribution in [0.25, 0.3) is 0 Å². The van der Waals surface area contributed by atoms with Gasteiger partial charge in [0.1, 0.15) is 12.4 Å². The van der Waals surface area contributed by atoms with Crippen molar-refractivity contribution in [2.75, 3.05) is 0 Å². The van der Waals surface area contributed by atoms with E-state index in [1.54, 1.807) is 0 Å². The number of benzene rings is 3. The Morgan fingerprint density at radius 1 is 0.741 bits per heavy atom. The average molecular weight is 382 g/mol. The molecule has 0 amide bonds. The van der Waals surface area contributed by atoms with Crippen LogP contribution < -0.4 is 10.1 Å². The van der Waals surface area contributed by atoms with Crippen molar-refractivity contribution in [3.05, 3.63) is 102 Å². The van der Waals surface area contributed by atoms with Gasteiger partial charge in [0.25, 0.3) is 0 Å². The standard InChI is InChI=1S/C24H27NO.ClH/c1-20(12-13-21-8-4-2-5-9-21)25-18-22-14-16-24(17-15-22)26-19-23-10-6-3-7-11-23;/h2-11,14-17,20,25H,12-13,18-19H2,1H3;1H. The third-order valence-electron chi connectivity index (χ3n) is 4.54. The molecule has 0 fully saturated rings. The minimum absolute atomic E-state index is 0. The zero-order valence-electron chi connectivity index (χ0n) is 15.8. The van der Waals surface area contributed by atoms with Crippen molar-refractivity contribution in [1.29, 1.82) is 0 Å². The molecule has 0 aromatic heterocycles. The van der Waals surface area contributed by atoms with Gasteiger partial charge >= 0.3 is 0 Å². The SMILES string of the molecule is CC(CCc1ccccc1)NCc1ccc(OCc2ccccc2)cc1.Cl. The van der Waals surface area contributed by atoms with Gasteiger partial charge in [-0.3, -0.25) is 0 Å². The zero-order chi connectivity index (χ0) is 18.0. The van der Waals surface area contributed by atoms with Gasteiger partial charge in [-0.25, -0.2) is 0 Å². The predicted octanol–water partition coefficient (Wildman–Crippen LogP) is 5.80. The van der Waals surface area contributed by atoms with Crippen LogP contribution in [-0.4, -0.2) is 6.04 Å². The summed E-state index contributed by atoms with van der Waals surface area (Å²) in [5.41, 5.74) is 3.87. The molecule has 27 heavy (non-hydrogen) atoms. The largest absolute Gasteiger partial charge is 0.489 e. The van der Waals surface area contributed by atoms with Gasteiger partial charge in [-0.15, -0.1) is 12.4 Å². The maximum Gasteiger partial charge on any atom is 0.119 e. The van der Waals surface area contributed by atoms with E-state index in [1.807, 2.05) is 18.2 Å². The van der Waals surface area contributed by atoms with Crippen LogP contribution in [0, 0.1) is 0 Å². The summed E-state index contributed by atoms with van der Waals surface area (Å²) in [7, 11) is 0. The van der Waals surface area contributed by atoms with Crippen molar-refractivity contribution in [2.24, 2.45) is 0 Å². The number of nitrogens with one attached hydrogen (secondary N) is 1. The number of aryl methyl sites for hydroxylation is 1. The lowest BCUT2D eigenvalue weighted by molar-refractivity contribution is 0.306. The van der Waals surface area contributed by atoms with Crippen LogP contribution in [0.2, 0.25) is 0 Å². The smallest absolute Gasteiger partial charge is 0.119 e. The number of hydrogen-bond acceptors (Lipinski definition) is 2. The summed E-state index contributed by atoms with van der Waals surface area (Å²) in [5, 5.41) is 3.61. The van der Waals surface area contributed by atoms with E-state index in [0.717, 1.165) is 25.1 Å². The zero-order valence-corrected chi connectivity index (χ0v) is 16.6. The minimum Gasteiger partial charge on any atom is -0.489 e. The van der Waals surface area contributed by atoms with Crippen LogP contribution in [0.15, 0.2) is 84.9 Å². The van der Waals surface area contributed by atoms with Gasteiger partial charge in [0.05, 0.1) is 0 Å². The van der Waals surface area contributed by atoms with Gasteiger partial charge in [-0.2, -0.15) is 0 Å². The Labute approximate surface area is 169 Å². The molecule has 142 valence electrons. The Balaban J connectivity index is 0.00000261. The fourth-order valence-electron chi connectivity index (χ4n) is 2.87. The van der Waals surface area contributed by atoms with Gasteiger partial charge in [-0.1, -0.05) is 72.8 Å². The van der Waals surface area contributed by atoms with Crippen LogP contribution in [0.4, 0.5) is 0 Å². The molecule has 2 nitrogen and oxygen atoms in total. The second-order valence-electron chi connectivity index (χ2n) is 6.72. The average Bonchev–Trinajstić information content (AvgIpc) is 2.71. The molecule has 3 heteroatoms. The Bertz CT molecular complexity index is 759. The van der Waals surface area contributed by atoms with Crippen LogP contribution >= 0.6 is 12.4 Å². The van der Waals surface area contributed by atoms with E-state index < -0.39 is 0 Å². The van der Waals surface area contributed by atoms with Crippen LogP contribution in [0.3, 0.4) is 0 Å². The van der Waals surface area contributed by atoms with E-state index in [1.165, 1.54) is 16.7 Å². The normalized spacial score (nSPS) is 11.4. The fraction of sp³-hybridized carbons (Fsp3) is 0.250. The molecular formula is C24H28ClNO. The summed E-state index contributed by atoms with van der Waals surface area (Å²) in [4.78, 5) is 0. The molecule has 0 aliphatic heterocycles. The van der Waals surface area contributed by atoms with Crippen molar-refractivity contribution < 1.29 is 4.74 Å². The summed E-state index contributed by atoms with van der Waals surface area (Å²) in [6, 6.07) is 29.8. The fourth-order valence-corrected chi connectivity index (χ4v) is 2.87. The van der Waals surface area contributed by atoms with E-state index in [2.05, 4.69) is 79.0 Å². The molecule has 1 N–H and O–H groups in total. The minimum atomic E-state index is 0. The van der Waals surface area contributed by atoms with Crippen molar-refractivity contribution in [3.63, 3.8) is 0 Å². The molecule has 1 atom stereocenters. The van der Waals surface area contributed by atoms with E-state index in [9.17, 15) is 0 Å². The Morgan fingerprint density at radius 3 is 1.96 bits per heavy atom. The number of ether oxygens (including phenoxy) is 1. The first kappa shape index (κ1) is 21.0. The second-order valence-corrected chi connectivity index (χ2v) is 6.72. The van der Waals surface area contributed by atoms with Crippen LogP contribution in [0.1, 0.15) is 30.0 Å². The molecule has 3 rings (SSSR count). The molecule has 0 saturated heterocycles. The number of halogens is 1. The molecule has 0 bridgehead atoms. The third kappa shape index (κ3) is 7.46. The van der Waals surface area contributed by atoms with Crippen LogP contribution in [0.5, 0.6) is 5.75 Å². The Kier molecular flexibility index (Phi) is 8.90. The van der Waals surface area contributed by atoms with Gasteiger partial charge in [0.15, 0.2) is 0 Å². The Morgan fingerprint density at radius 2 is 1.33 bits per heavy atom. The lowest BCUT2D eigenvalue weighted by Crippen LogP contribution is -2.25. The first-order chi connectivity index (χ1) is 12.8. The first-order valence-electron chi connectivity index (χ1n) is 9.32. The van der Waals surface area contributed by atoms with E-state index in [0.29, 0.717) is 12.6 Å². The molecule has 3 aromatic rings. The van der Waals surface area contributed by atoms with Gasteiger partial charge in [0, 0.05) is 12.6 Å². The topological polar surface area (TPSA) is 21.3 Å². The highest BCUT2D eigenvalue weighted by atomic mass is 35.5. The number of rotatable bonds is 9. The number of hydrogen-bond donors (Lipinski definition) is 1. The maximum absolute atomic E-state index is 5.84. The molecule has 0 heterocycles. The quantitative estimate of drug-likeness (QED) is 0.505. The van der Waals surface area contributed by atoms with E-state index in [-0.39, 0.29) is 12.4 Å². The molecule has 0 spiro atoms. The molecule has 3 aromatic carbocycles. The van der Waals surface area contributed by atoms with Crippen molar-refractivity contribution in [3.8, 4) is 5.75 Å². The highest BCUT2D eigenvalue weighted by Crippen LogP contribution is 2.14. The van der Waals surface area contributed by atoms with Crippen LogP contribution in [-0.2, 0) is 19.6 Å². The molecule has 0 saturated carbocycles. The van der Waals surface area contributed by atoms with Crippen molar-refractivity contribution in [1.82, 2.24) is 5.32 Å². The van der Waals surface area contributed by atoms with Gasteiger partial charge in [0.2, 0.25) is 0 Å². The summed E-state index contributed by atoms with van der Waals surface area (Å²) in [6.07, 6.45) is 2.25. The molecule has 0 aliphatic rings. The summed E-state index contributed by atoms with van der Waals surface area (Å²) in [6.45, 7) is 3.74. The summed E-state index contributed by atoms with van der Waals surface area (Å²) < 4.78 is 5.84. The van der Waals surface area contributed by atoms with E-state index in [4.69, 9.17) is 4.74 Å². The summed E-state index contributed by atoms with van der Waals surface area (Å²) >= 11 is 0. The summed E-state index contributed by atoms with van der Waals surface area (Å²) in [5.74, 6) is 0.912.